The maximum atomic E-state index is 5.76. The summed E-state index contributed by atoms with van der Waals surface area (Å²) in [6, 6.07) is 7.75. The van der Waals surface area contributed by atoms with Crippen LogP contribution in [0.15, 0.2) is 24.3 Å². The molecule has 1 fully saturated rings. The van der Waals surface area contributed by atoms with Crippen LogP contribution >= 0.6 is 0 Å². The molecule has 0 spiro atoms. The molecule has 0 aliphatic carbocycles. The molecule has 4 nitrogen and oxygen atoms in total. The lowest BCUT2D eigenvalue weighted by Crippen LogP contribution is -2.27. The van der Waals surface area contributed by atoms with Crippen LogP contribution in [0.25, 0.3) is 0 Å². The fraction of sp³-hybridized carbons (Fsp3) is 0.571. The topological polar surface area (TPSA) is 47.7 Å². The van der Waals surface area contributed by atoms with Crippen molar-refractivity contribution in [2.45, 2.75) is 6.42 Å². The minimum absolute atomic E-state index is 0.663. The maximum absolute atomic E-state index is 5.76. The first kappa shape index (κ1) is 13.2. The number of nitrogens with zero attached hydrogens (tertiary/aromatic N) is 1. The predicted octanol–water partition coefficient (Wildman–Crippen LogP) is 1.35. The van der Waals surface area contributed by atoms with E-state index >= 15 is 0 Å². The molecule has 0 radical (unpaired) electrons. The Labute approximate surface area is 109 Å². The number of methoxy groups -OCH3 is 1. The second-order valence-electron chi connectivity index (χ2n) is 4.69. The molecular formula is C14H22N2O2. The maximum Gasteiger partial charge on any atom is 0.161 e. The second kappa shape index (κ2) is 6.61. The molecule has 0 aromatic heterocycles. The van der Waals surface area contributed by atoms with Crippen molar-refractivity contribution in [3.8, 4) is 11.5 Å². The van der Waals surface area contributed by atoms with Crippen molar-refractivity contribution < 1.29 is 9.47 Å². The van der Waals surface area contributed by atoms with Crippen LogP contribution in [-0.2, 0) is 0 Å². The van der Waals surface area contributed by atoms with Gasteiger partial charge in [-0.3, -0.25) is 4.90 Å². The lowest BCUT2D eigenvalue weighted by molar-refractivity contribution is 0.226. The SMILES string of the molecule is COc1ccccc1OCCN1CCC(CN)C1. The van der Waals surface area contributed by atoms with E-state index in [1.54, 1.807) is 7.11 Å². The Bertz CT molecular complexity index is 371. The van der Waals surface area contributed by atoms with Crippen LogP contribution in [0.2, 0.25) is 0 Å². The number of para-hydroxylation sites is 2. The molecule has 1 unspecified atom stereocenters. The summed E-state index contributed by atoms with van der Waals surface area (Å²) in [5.74, 6) is 2.27. The van der Waals surface area contributed by atoms with E-state index in [0.29, 0.717) is 12.5 Å². The van der Waals surface area contributed by atoms with Crippen molar-refractivity contribution in [3.05, 3.63) is 24.3 Å². The molecule has 1 aliphatic heterocycles. The molecule has 2 rings (SSSR count). The summed E-state index contributed by atoms with van der Waals surface area (Å²) < 4.78 is 11.0. The highest BCUT2D eigenvalue weighted by Gasteiger charge is 2.20. The zero-order chi connectivity index (χ0) is 12.8. The predicted molar refractivity (Wildman–Crippen MR) is 72.1 cm³/mol. The van der Waals surface area contributed by atoms with Gasteiger partial charge in [0.2, 0.25) is 0 Å². The monoisotopic (exact) mass is 250 g/mol. The van der Waals surface area contributed by atoms with Crippen LogP contribution < -0.4 is 15.2 Å². The molecule has 1 saturated heterocycles. The van der Waals surface area contributed by atoms with Gasteiger partial charge in [0.1, 0.15) is 6.61 Å². The van der Waals surface area contributed by atoms with Crippen molar-refractivity contribution in [1.82, 2.24) is 4.90 Å². The average Bonchev–Trinajstić information content (AvgIpc) is 2.87. The zero-order valence-corrected chi connectivity index (χ0v) is 11.0. The van der Waals surface area contributed by atoms with E-state index in [1.165, 1.54) is 6.42 Å². The number of rotatable bonds is 6. The molecular weight excluding hydrogens is 228 g/mol. The fourth-order valence-electron chi connectivity index (χ4n) is 2.33. The summed E-state index contributed by atoms with van der Waals surface area (Å²) in [7, 11) is 1.66. The van der Waals surface area contributed by atoms with Crippen molar-refractivity contribution in [2.24, 2.45) is 11.7 Å². The molecule has 2 N–H and O–H groups in total. The van der Waals surface area contributed by atoms with E-state index in [0.717, 1.165) is 37.7 Å². The van der Waals surface area contributed by atoms with Crippen LogP contribution in [0.5, 0.6) is 11.5 Å². The number of nitrogens with two attached hydrogens (primary N) is 1. The van der Waals surface area contributed by atoms with E-state index in [-0.39, 0.29) is 0 Å². The van der Waals surface area contributed by atoms with Crippen molar-refractivity contribution >= 4 is 0 Å². The van der Waals surface area contributed by atoms with Crippen molar-refractivity contribution in [1.29, 1.82) is 0 Å². The zero-order valence-electron chi connectivity index (χ0n) is 11.0. The summed E-state index contributed by atoms with van der Waals surface area (Å²) in [4.78, 5) is 2.41. The van der Waals surface area contributed by atoms with Crippen LogP contribution in [0.4, 0.5) is 0 Å². The highest BCUT2D eigenvalue weighted by atomic mass is 16.5. The lowest BCUT2D eigenvalue weighted by atomic mass is 10.1. The van der Waals surface area contributed by atoms with Gasteiger partial charge in [0.25, 0.3) is 0 Å². The van der Waals surface area contributed by atoms with Crippen LogP contribution in [0, 0.1) is 5.92 Å². The van der Waals surface area contributed by atoms with Gasteiger partial charge in [-0.15, -0.1) is 0 Å². The van der Waals surface area contributed by atoms with Gasteiger partial charge in [0.15, 0.2) is 11.5 Å². The fourth-order valence-corrected chi connectivity index (χ4v) is 2.33. The molecule has 100 valence electrons. The van der Waals surface area contributed by atoms with Gasteiger partial charge in [-0.25, -0.2) is 0 Å². The van der Waals surface area contributed by atoms with E-state index in [4.69, 9.17) is 15.2 Å². The highest BCUT2D eigenvalue weighted by Crippen LogP contribution is 2.25. The third kappa shape index (κ3) is 3.37. The molecule has 1 aromatic rings. The van der Waals surface area contributed by atoms with E-state index in [2.05, 4.69) is 4.90 Å². The molecule has 0 amide bonds. The number of hydrogen-bond donors (Lipinski definition) is 1. The number of benzene rings is 1. The van der Waals surface area contributed by atoms with Gasteiger partial charge in [0.05, 0.1) is 7.11 Å². The van der Waals surface area contributed by atoms with Crippen LogP contribution in [0.3, 0.4) is 0 Å². The van der Waals surface area contributed by atoms with Crippen molar-refractivity contribution in [2.75, 3.05) is 39.9 Å². The summed E-state index contributed by atoms with van der Waals surface area (Å²) in [5.41, 5.74) is 5.68. The Hall–Kier alpha value is -1.26. The second-order valence-corrected chi connectivity index (χ2v) is 4.69. The smallest absolute Gasteiger partial charge is 0.161 e. The Morgan fingerprint density at radius 2 is 2.11 bits per heavy atom. The normalized spacial score (nSPS) is 20.0. The molecule has 1 atom stereocenters. The van der Waals surface area contributed by atoms with Crippen LogP contribution in [-0.4, -0.2) is 44.8 Å². The minimum atomic E-state index is 0.663. The molecule has 0 bridgehead atoms. The quantitative estimate of drug-likeness (QED) is 0.828. The summed E-state index contributed by atoms with van der Waals surface area (Å²) >= 11 is 0. The summed E-state index contributed by atoms with van der Waals surface area (Å²) in [6.45, 7) is 4.68. The number of ether oxygens (including phenoxy) is 2. The molecule has 1 aliphatic rings. The number of likely N-dealkylation sites (tertiary alicyclic amines) is 1. The van der Waals surface area contributed by atoms with E-state index < -0.39 is 0 Å². The first-order valence-corrected chi connectivity index (χ1v) is 6.51. The number of hydrogen-bond acceptors (Lipinski definition) is 4. The average molecular weight is 250 g/mol. The van der Waals surface area contributed by atoms with Gasteiger partial charge in [-0.1, -0.05) is 12.1 Å². The summed E-state index contributed by atoms with van der Waals surface area (Å²) in [5, 5.41) is 0. The van der Waals surface area contributed by atoms with Gasteiger partial charge in [0, 0.05) is 13.1 Å². The summed E-state index contributed by atoms with van der Waals surface area (Å²) in [6.07, 6.45) is 1.21. The minimum Gasteiger partial charge on any atom is -0.493 e. The standard InChI is InChI=1S/C14H22N2O2/c1-17-13-4-2-3-5-14(13)18-9-8-16-7-6-12(10-15)11-16/h2-5,12H,6-11,15H2,1H3. The third-order valence-corrected chi connectivity index (χ3v) is 3.44. The Balaban J connectivity index is 1.75. The Morgan fingerprint density at radius 3 is 2.78 bits per heavy atom. The van der Waals surface area contributed by atoms with Gasteiger partial charge in [-0.2, -0.15) is 0 Å². The molecule has 0 saturated carbocycles. The molecule has 18 heavy (non-hydrogen) atoms. The first-order chi connectivity index (χ1) is 8.83. The van der Waals surface area contributed by atoms with Gasteiger partial charge in [-0.05, 0) is 37.6 Å². The van der Waals surface area contributed by atoms with Gasteiger partial charge < -0.3 is 15.2 Å². The van der Waals surface area contributed by atoms with E-state index in [1.807, 2.05) is 24.3 Å². The highest BCUT2D eigenvalue weighted by molar-refractivity contribution is 5.39. The van der Waals surface area contributed by atoms with E-state index in [9.17, 15) is 0 Å². The molecule has 1 heterocycles. The third-order valence-electron chi connectivity index (χ3n) is 3.44. The first-order valence-electron chi connectivity index (χ1n) is 6.51. The Kier molecular flexibility index (Phi) is 4.84. The van der Waals surface area contributed by atoms with Crippen LogP contribution in [0.1, 0.15) is 6.42 Å². The largest absolute Gasteiger partial charge is 0.493 e. The van der Waals surface area contributed by atoms with Crippen molar-refractivity contribution in [3.63, 3.8) is 0 Å². The molecule has 1 aromatic carbocycles. The molecule has 4 heteroatoms. The van der Waals surface area contributed by atoms with Gasteiger partial charge >= 0.3 is 0 Å². The lowest BCUT2D eigenvalue weighted by Gasteiger charge is -2.16. The Morgan fingerprint density at radius 1 is 1.33 bits per heavy atom.